The standard InChI is InChI=1S/C3H3N3O3.Ca.Zn.2H/c7-1-4-2(8)6-3(9)5-1;;;;/h(H3,4,5,6,7,8,9);;;;/q;+2;;2*-1. The Morgan fingerprint density at radius 1 is 0.818 bits per heavy atom. The molecule has 0 amide bonds. The molecule has 8 heteroatoms. The van der Waals surface area contributed by atoms with Crippen molar-refractivity contribution in [2.45, 2.75) is 0 Å². The molecule has 54 valence electrons. The van der Waals surface area contributed by atoms with Crippen LogP contribution in [0.25, 0.3) is 0 Å². The summed E-state index contributed by atoms with van der Waals surface area (Å²) in [5.41, 5.74) is -2.41. The molecule has 3 N–H and O–H groups in total. The van der Waals surface area contributed by atoms with Crippen LogP contribution in [0.4, 0.5) is 0 Å². The molecular formula is C3H5CaN3O3Zn. The summed E-state index contributed by atoms with van der Waals surface area (Å²) in [5, 5.41) is 0. The monoisotopic (exact) mass is 235 g/mol. The van der Waals surface area contributed by atoms with E-state index in [1.807, 2.05) is 0 Å². The minimum atomic E-state index is -0.802. The van der Waals surface area contributed by atoms with Gasteiger partial charge in [0.2, 0.25) is 0 Å². The molecule has 1 aromatic heterocycles. The van der Waals surface area contributed by atoms with Gasteiger partial charge < -0.3 is 2.85 Å². The van der Waals surface area contributed by atoms with E-state index in [1.165, 1.54) is 0 Å². The molecular weight excluding hydrogens is 232 g/mol. The van der Waals surface area contributed by atoms with Crippen LogP contribution in [0.1, 0.15) is 2.85 Å². The molecule has 0 atom stereocenters. The molecule has 1 heterocycles. The third kappa shape index (κ3) is 4.68. The minimum Gasteiger partial charge on any atom is -1.00 e. The summed E-state index contributed by atoms with van der Waals surface area (Å²) in [5.74, 6) is 0. The van der Waals surface area contributed by atoms with Crippen LogP contribution in [-0.4, -0.2) is 52.7 Å². The average molecular weight is 237 g/mol. The van der Waals surface area contributed by atoms with Crippen molar-refractivity contribution in [2.75, 3.05) is 0 Å². The maximum Gasteiger partial charge on any atom is 2.00 e. The minimum absolute atomic E-state index is 0. The molecule has 11 heavy (non-hydrogen) atoms. The Kier molecular flexibility index (Phi) is 7.41. The van der Waals surface area contributed by atoms with Gasteiger partial charge in [0.25, 0.3) is 0 Å². The quantitative estimate of drug-likeness (QED) is 0.438. The summed E-state index contributed by atoms with van der Waals surface area (Å²) < 4.78 is 0. The molecule has 1 rings (SSSR count). The number of aromatic amines is 3. The summed E-state index contributed by atoms with van der Waals surface area (Å²) in [6.07, 6.45) is 0. The first kappa shape index (κ1) is 13.9. The van der Waals surface area contributed by atoms with Crippen molar-refractivity contribution in [3.8, 4) is 0 Å². The molecule has 0 fully saturated rings. The Labute approximate surface area is 106 Å². The van der Waals surface area contributed by atoms with E-state index in [4.69, 9.17) is 0 Å². The van der Waals surface area contributed by atoms with Crippen molar-refractivity contribution in [1.29, 1.82) is 0 Å². The first-order valence-electron chi connectivity index (χ1n) is 2.11. The predicted molar refractivity (Wildman–Crippen MR) is 36.3 cm³/mol. The fourth-order valence-corrected chi connectivity index (χ4v) is 0.403. The van der Waals surface area contributed by atoms with E-state index in [-0.39, 0.29) is 60.1 Å². The van der Waals surface area contributed by atoms with Gasteiger partial charge in [-0.1, -0.05) is 0 Å². The van der Waals surface area contributed by atoms with Crippen LogP contribution in [0.3, 0.4) is 0 Å². The van der Waals surface area contributed by atoms with Crippen molar-refractivity contribution in [2.24, 2.45) is 0 Å². The van der Waals surface area contributed by atoms with E-state index in [0.29, 0.717) is 0 Å². The van der Waals surface area contributed by atoms with Gasteiger partial charge in [0, 0.05) is 19.5 Å². The van der Waals surface area contributed by atoms with Crippen LogP contribution in [0.2, 0.25) is 0 Å². The number of nitrogens with one attached hydrogen (secondary N) is 3. The SMILES string of the molecule is O=c1[nH]c(=O)[nH]c(=O)[nH]1.[Ca+2].[H-].[H-].[Zn]. The van der Waals surface area contributed by atoms with Gasteiger partial charge >= 0.3 is 54.8 Å². The van der Waals surface area contributed by atoms with Gasteiger partial charge in [-0.25, -0.2) is 14.4 Å². The van der Waals surface area contributed by atoms with E-state index in [9.17, 15) is 14.4 Å². The summed E-state index contributed by atoms with van der Waals surface area (Å²) in [6.45, 7) is 0. The zero-order valence-corrected chi connectivity index (χ0v) is 10.8. The molecule has 0 saturated carbocycles. The first-order valence-corrected chi connectivity index (χ1v) is 2.11. The topological polar surface area (TPSA) is 98.6 Å². The van der Waals surface area contributed by atoms with Crippen LogP contribution < -0.4 is 17.1 Å². The molecule has 0 aliphatic carbocycles. The summed E-state index contributed by atoms with van der Waals surface area (Å²) >= 11 is 0. The van der Waals surface area contributed by atoms with Crippen LogP contribution >= 0.6 is 0 Å². The molecule has 0 spiro atoms. The molecule has 0 aliphatic heterocycles. The van der Waals surface area contributed by atoms with Crippen LogP contribution in [0.15, 0.2) is 14.4 Å². The Hall–Kier alpha value is 0.293. The smallest absolute Gasteiger partial charge is 1.00 e. The van der Waals surface area contributed by atoms with Crippen LogP contribution in [0.5, 0.6) is 0 Å². The summed E-state index contributed by atoms with van der Waals surface area (Å²) in [7, 11) is 0. The molecule has 6 nitrogen and oxygen atoms in total. The molecule has 0 unspecified atom stereocenters. The fourth-order valence-electron chi connectivity index (χ4n) is 0.403. The molecule has 0 bridgehead atoms. The number of hydrogen-bond donors (Lipinski definition) is 3. The fraction of sp³-hybridized carbons (Fsp3) is 0. The molecule has 1 aromatic rings. The second kappa shape index (κ2) is 5.88. The Morgan fingerprint density at radius 2 is 1.00 bits per heavy atom. The molecule has 0 aromatic carbocycles. The molecule has 0 saturated heterocycles. The van der Waals surface area contributed by atoms with Crippen molar-refractivity contribution in [3.63, 3.8) is 0 Å². The first-order chi connectivity index (χ1) is 4.18. The van der Waals surface area contributed by atoms with Crippen molar-refractivity contribution in [3.05, 3.63) is 31.5 Å². The largest absolute Gasteiger partial charge is 2.00 e. The third-order valence-corrected chi connectivity index (χ3v) is 0.681. The van der Waals surface area contributed by atoms with Gasteiger partial charge in [-0.05, 0) is 0 Å². The maximum atomic E-state index is 10.2. The second-order valence-corrected chi connectivity index (χ2v) is 1.36. The van der Waals surface area contributed by atoms with E-state index in [2.05, 4.69) is 0 Å². The van der Waals surface area contributed by atoms with E-state index >= 15 is 0 Å². The average Bonchev–Trinajstić information content (AvgIpc) is 1.59. The third-order valence-electron chi connectivity index (χ3n) is 0.681. The Balaban J connectivity index is -0.000000101. The number of aromatic nitrogens is 3. The number of rotatable bonds is 0. The second-order valence-electron chi connectivity index (χ2n) is 1.36. The molecule has 0 radical (unpaired) electrons. The zero-order valence-electron chi connectivity index (χ0n) is 7.64. The van der Waals surface area contributed by atoms with Gasteiger partial charge in [0.15, 0.2) is 0 Å². The molecule has 0 aliphatic rings. The van der Waals surface area contributed by atoms with Gasteiger partial charge in [-0.15, -0.1) is 0 Å². The van der Waals surface area contributed by atoms with Crippen LogP contribution in [0, 0.1) is 0 Å². The van der Waals surface area contributed by atoms with Crippen molar-refractivity contribution >= 4 is 37.7 Å². The summed E-state index contributed by atoms with van der Waals surface area (Å²) in [6, 6.07) is 0. The van der Waals surface area contributed by atoms with Gasteiger partial charge in [0.1, 0.15) is 0 Å². The normalized spacial score (nSPS) is 7.64. The van der Waals surface area contributed by atoms with Gasteiger partial charge in [-0.3, -0.25) is 15.0 Å². The number of H-pyrrole nitrogens is 3. The van der Waals surface area contributed by atoms with Crippen molar-refractivity contribution in [1.82, 2.24) is 15.0 Å². The maximum absolute atomic E-state index is 10.2. The van der Waals surface area contributed by atoms with E-state index in [0.717, 1.165) is 0 Å². The van der Waals surface area contributed by atoms with Crippen molar-refractivity contribution < 1.29 is 22.3 Å². The van der Waals surface area contributed by atoms with Gasteiger partial charge in [-0.2, -0.15) is 0 Å². The van der Waals surface area contributed by atoms with E-state index in [1.54, 1.807) is 15.0 Å². The number of hydrogen-bond acceptors (Lipinski definition) is 3. The van der Waals surface area contributed by atoms with E-state index < -0.39 is 17.1 Å². The Bertz CT molecular complexity index is 294. The van der Waals surface area contributed by atoms with Crippen LogP contribution in [-0.2, 0) is 19.5 Å². The zero-order chi connectivity index (χ0) is 6.85. The van der Waals surface area contributed by atoms with Gasteiger partial charge in [0.05, 0.1) is 0 Å². The predicted octanol–water partition coefficient (Wildman–Crippen LogP) is -2.41. The summed E-state index contributed by atoms with van der Waals surface area (Å²) in [4.78, 5) is 35.9. The Morgan fingerprint density at radius 3 is 1.18 bits per heavy atom.